The highest BCUT2D eigenvalue weighted by Gasteiger charge is 2.40. The Kier molecular flexibility index (Phi) is 4.19. The molecule has 1 aliphatic rings. The van der Waals surface area contributed by atoms with Gasteiger partial charge in [0.05, 0.1) is 5.92 Å². The van der Waals surface area contributed by atoms with E-state index in [2.05, 4.69) is 4.74 Å². The smallest absolute Gasteiger partial charge is 0.387 e. The fourth-order valence-corrected chi connectivity index (χ4v) is 3.01. The van der Waals surface area contributed by atoms with Crippen LogP contribution in [0.1, 0.15) is 29.4 Å². The molecule has 2 aromatic rings. The highest BCUT2D eigenvalue weighted by molar-refractivity contribution is 6.17. The van der Waals surface area contributed by atoms with Crippen molar-refractivity contribution < 1.29 is 18.3 Å². The third kappa shape index (κ3) is 3.13. The van der Waals surface area contributed by atoms with Crippen molar-refractivity contribution in [1.82, 2.24) is 0 Å². The van der Waals surface area contributed by atoms with Crippen molar-refractivity contribution >= 4 is 11.5 Å². The minimum Gasteiger partial charge on any atom is -0.435 e. The van der Waals surface area contributed by atoms with Crippen molar-refractivity contribution in [2.45, 2.75) is 24.9 Å². The highest BCUT2D eigenvalue weighted by atomic mass is 19.3. The third-order valence-corrected chi connectivity index (χ3v) is 4.02. The Morgan fingerprint density at radius 2 is 1.74 bits per heavy atom. The Morgan fingerprint density at radius 3 is 2.43 bits per heavy atom. The first-order chi connectivity index (χ1) is 11.1. The lowest BCUT2D eigenvalue weighted by Gasteiger charge is -2.12. The fourth-order valence-electron chi connectivity index (χ4n) is 3.01. The van der Waals surface area contributed by atoms with Gasteiger partial charge in [-0.3, -0.25) is 4.79 Å². The van der Waals surface area contributed by atoms with E-state index in [4.69, 9.17) is 5.41 Å². The summed E-state index contributed by atoms with van der Waals surface area (Å²) in [6, 6.07) is 15.4. The van der Waals surface area contributed by atoms with Crippen LogP contribution in [-0.2, 0) is 4.79 Å². The molecular formula is C18H15F2NO2. The van der Waals surface area contributed by atoms with Gasteiger partial charge in [0.25, 0.3) is 0 Å². The molecule has 1 N–H and O–H groups in total. The first-order valence-corrected chi connectivity index (χ1v) is 7.27. The number of carbonyl (C=O) groups excluding carboxylic acids is 1. The SMILES string of the molecule is N=C1CC(c2ccccc2)C(=O)C1c1cccc(OC(F)F)c1. The predicted octanol–water partition coefficient (Wildman–Crippen LogP) is 4.15. The molecule has 5 heteroatoms. The van der Waals surface area contributed by atoms with Crippen molar-refractivity contribution in [1.29, 1.82) is 5.41 Å². The summed E-state index contributed by atoms with van der Waals surface area (Å²) in [5, 5.41) is 8.16. The van der Waals surface area contributed by atoms with Gasteiger partial charge in [-0.05, 0) is 29.7 Å². The molecule has 0 aromatic heterocycles. The van der Waals surface area contributed by atoms with Crippen LogP contribution < -0.4 is 4.74 Å². The second-order valence-corrected chi connectivity index (χ2v) is 5.48. The molecular weight excluding hydrogens is 300 g/mol. The van der Waals surface area contributed by atoms with Gasteiger partial charge in [0.15, 0.2) is 5.78 Å². The summed E-state index contributed by atoms with van der Waals surface area (Å²) in [4.78, 5) is 12.7. The monoisotopic (exact) mass is 315 g/mol. The van der Waals surface area contributed by atoms with Gasteiger partial charge < -0.3 is 10.1 Å². The number of Topliss-reactive ketones (excluding diaryl/α,β-unsaturated/α-hetero) is 1. The normalized spacial score (nSPS) is 21.0. The van der Waals surface area contributed by atoms with Gasteiger partial charge in [0.2, 0.25) is 0 Å². The number of hydrogen-bond acceptors (Lipinski definition) is 3. The van der Waals surface area contributed by atoms with Crippen LogP contribution in [0.5, 0.6) is 5.75 Å². The van der Waals surface area contributed by atoms with Crippen LogP contribution >= 0.6 is 0 Å². The molecule has 2 unspecified atom stereocenters. The van der Waals surface area contributed by atoms with Gasteiger partial charge in [0.1, 0.15) is 5.75 Å². The van der Waals surface area contributed by atoms with Crippen molar-refractivity contribution in [2.24, 2.45) is 0 Å². The molecule has 0 spiro atoms. The van der Waals surface area contributed by atoms with E-state index in [-0.39, 0.29) is 17.5 Å². The van der Waals surface area contributed by atoms with Crippen LogP contribution in [0.2, 0.25) is 0 Å². The van der Waals surface area contributed by atoms with Crippen LogP contribution in [0.15, 0.2) is 54.6 Å². The molecule has 1 aliphatic carbocycles. The predicted molar refractivity (Wildman–Crippen MR) is 82.3 cm³/mol. The molecule has 118 valence electrons. The number of hydrogen-bond donors (Lipinski definition) is 1. The molecule has 2 atom stereocenters. The van der Waals surface area contributed by atoms with E-state index < -0.39 is 12.5 Å². The molecule has 23 heavy (non-hydrogen) atoms. The molecule has 2 aromatic carbocycles. The number of alkyl halides is 2. The van der Waals surface area contributed by atoms with Crippen molar-refractivity contribution in [3.05, 3.63) is 65.7 Å². The summed E-state index contributed by atoms with van der Waals surface area (Å²) in [6.07, 6.45) is 0.355. The van der Waals surface area contributed by atoms with Gasteiger partial charge in [-0.25, -0.2) is 0 Å². The Labute approximate surface area is 132 Å². The maximum atomic E-state index is 12.7. The first-order valence-electron chi connectivity index (χ1n) is 7.27. The number of carbonyl (C=O) groups is 1. The molecule has 0 saturated heterocycles. The zero-order valence-corrected chi connectivity index (χ0v) is 12.2. The summed E-state index contributed by atoms with van der Waals surface area (Å²) in [5.41, 5.74) is 1.71. The molecule has 3 nitrogen and oxygen atoms in total. The summed E-state index contributed by atoms with van der Waals surface area (Å²) < 4.78 is 29.1. The Hall–Kier alpha value is -2.56. The summed E-state index contributed by atoms with van der Waals surface area (Å²) in [6.45, 7) is -2.92. The van der Waals surface area contributed by atoms with Gasteiger partial charge in [-0.2, -0.15) is 8.78 Å². The van der Waals surface area contributed by atoms with Gasteiger partial charge in [-0.15, -0.1) is 0 Å². The molecule has 1 saturated carbocycles. The van der Waals surface area contributed by atoms with Crippen molar-refractivity contribution in [3.63, 3.8) is 0 Å². The number of ether oxygens (including phenoxy) is 1. The van der Waals surface area contributed by atoms with E-state index in [1.807, 2.05) is 30.3 Å². The molecule has 0 heterocycles. The number of rotatable bonds is 4. The minimum atomic E-state index is -2.92. The molecule has 0 aliphatic heterocycles. The van der Waals surface area contributed by atoms with E-state index in [0.29, 0.717) is 17.7 Å². The maximum Gasteiger partial charge on any atom is 0.387 e. The second-order valence-electron chi connectivity index (χ2n) is 5.48. The maximum absolute atomic E-state index is 12.7. The van der Waals surface area contributed by atoms with Gasteiger partial charge in [0, 0.05) is 11.6 Å². The van der Waals surface area contributed by atoms with Crippen LogP contribution in [0, 0.1) is 5.41 Å². The first kappa shape index (κ1) is 15.3. The van der Waals surface area contributed by atoms with E-state index in [1.165, 1.54) is 12.1 Å². The van der Waals surface area contributed by atoms with Crippen LogP contribution in [0.3, 0.4) is 0 Å². The zero-order valence-electron chi connectivity index (χ0n) is 12.2. The molecule has 0 radical (unpaired) electrons. The average Bonchev–Trinajstić information content (AvgIpc) is 2.82. The van der Waals surface area contributed by atoms with E-state index in [9.17, 15) is 13.6 Å². The van der Waals surface area contributed by atoms with Gasteiger partial charge >= 0.3 is 6.61 Å². The standard InChI is InChI=1S/C18H15F2NO2/c19-18(20)23-13-8-4-7-12(9-13)16-15(21)10-14(17(16)22)11-5-2-1-3-6-11/h1-9,14,16,18,21H,10H2. The lowest BCUT2D eigenvalue weighted by atomic mass is 9.91. The van der Waals surface area contributed by atoms with E-state index >= 15 is 0 Å². The summed E-state index contributed by atoms with van der Waals surface area (Å²) in [5.74, 6) is -1.12. The zero-order chi connectivity index (χ0) is 16.4. The Balaban J connectivity index is 1.89. The summed E-state index contributed by atoms with van der Waals surface area (Å²) in [7, 11) is 0. The van der Waals surface area contributed by atoms with E-state index in [1.54, 1.807) is 12.1 Å². The third-order valence-electron chi connectivity index (χ3n) is 4.02. The largest absolute Gasteiger partial charge is 0.435 e. The fraction of sp³-hybridized carbons (Fsp3) is 0.222. The lowest BCUT2D eigenvalue weighted by Crippen LogP contribution is -2.14. The van der Waals surface area contributed by atoms with Crippen LogP contribution in [-0.4, -0.2) is 18.1 Å². The number of benzene rings is 2. The lowest BCUT2D eigenvalue weighted by molar-refractivity contribution is -0.119. The number of ketones is 1. The molecule has 3 rings (SSSR count). The topological polar surface area (TPSA) is 50.2 Å². The molecule has 0 amide bonds. The highest BCUT2D eigenvalue weighted by Crippen LogP contribution is 2.39. The average molecular weight is 315 g/mol. The molecule has 1 fully saturated rings. The Bertz CT molecular complexity index is 731. The van der Waals surface area contributed by atoms with Crippen LogP contribution in [0.25, 0.3) is 0 Å². The van der Waals surface area contributed by atoms with Gasteiger partial charge in [-0.1, -0.05) is 42.5 Å². The van der Waals surface area contributed by atoms with Crippen molar-refractivity contribution in [3.8, 4) is 5.75 Å². The van der Waals surface area contributed by atoms with Crippen molar-refractivity contribution in [2.75, 3.05) is 0 Å². The summed E-state index contributed by atoms with van der Waals surface area (Å²) >= 11 is 0. The Morgan fingerprint density at radius 1 is 1.04 bits per heavy atom. The number of nitrogens with one attached hydrogen (secondary N) is 1. The second kappa shape index (κ2) is 6.28. The van der Waals surface area contributed by atoms with Crippen LogP contribution in [0.4, 0.5) is 8.78 Å². The quantitative estimate of drug-likeness (QED) is 0.921. The number of halogens is 2. The minimum absolute atomic E-state index is 0.00117. The molecule has 0 bridgehead atoms. The van der Waals surface area contributed by atoms with E-state index in [0.717, 1.165) is 5.56 Å².